The van der Waals surface area contributed by atoms with Crippen molar-refractivity contribution in [3.05, 3.63) is 65.4 Å². The van der Waals surface area contributed by atoms with E-state index in [2.05, 4.69) is 15.0 Å². The van der Waals surface area contributed by atoms with E-state index in [1.807, 2.05) is 16.7 Å². The van der Waals surface area contributed by atoms with Gasteiger partial charge in [-0.2, -0.15) is 0 Å². The molecule has 12 nitrogen and oxygen atoms in total. The van der Waals surface area contributed by atoms with Crippen LogP contribution in [0.4, 0.5) is 0 Å². The highest BCUT2D eigenvalue weighted by Gasteiger charge is 2.41. The predicted octanol–water partition coefficient (Wildman–Crippen LogP) is 3.56. The number of hydrogen-bond donors (Lipinski definition) is 0. The van der Waals surface area contributed by atoms with Crippen LogP contribution in [0.2, 0.25) is 0 Å². The van der Waals surface area contributed by atoms with Crippen molar-refractivity contribution in [3.8, 4) is 28.7 Å². The molecule has 1 aliphatic carbocycles. The van der Waals surface area contributed by atoms with Crippen molar-refractivity contribution < 1.29 is 38.0 Å². The second kappa shape index (κ2) is 11.4. The molecule has 2 aromatic heterocycles. The SMILES string of the molecule is COc1cc([C@@H]2c3cc4c(cc3C=C(C=O)[C@H]2C(=O)OCCCn2cnc3cncnc32)OCO4)cc(OC)c1OC. The summed E-state index contributed by atoms with van der Waals surface area (Å²) < 4.78 is 35.6. The molecule has 0 fully saturated rings. The minimum Gasteiger partial charge on any atom is -0.493 e. The first-order chi connectivity index (χ1) is 20.6. The molecule has 3 heterocycles. The number of methoxy groups -OCH3 is 3. The van der Waals surface area contributed by atoms with E-state index in [1.54, 1.807) is 30.7 Å². The van der Waals surface area contributed by atoms with Crippen molar-refractivity contribution in [2.75, 3.05) is 34.7 Å². The molecular formula is C30H28N4O8. The van der Waals surface area contributed by atoms with Crippen LogP contribution in [0.3, 0.4) is 0 Å². The number of nitrogens with zero attached hydrogens (tertiary/aromatic N) is 4. The lowest BCUT2D eigenvalue weighted by Gasteiger charge is -2.32. The van der Waals surface area contributed by atoms with Crippen LogP contribution in [-0.2, 0) is 20.9 Å². The van der Waals surface area contributed by atoms with Crippen LogP contribution in [0.25, 0.3) is 17.2 Å². The molecule has 2 aromatic carbocycles. The first-order valence-corrected chi connectivity index (χ1v) is 13.2. The zero-order valence-electron chi connectivity index (χ0n) is 23.2. The fourth-order valence-corrected chi connectivity index (χ4v) is 5.52. The Labute approximate surface area is 240 Å². The van der Waals surface area contributed by atoms with Crippen molar-refractivity contribution in [2.45, 2.75) is 18.9 Å². The van der Waals surface area contributed by atoms with E-state index in [9.17, 15) is 9.59 Å². The van der Waals surface area contributed by atoms with Crippen LogP contribution in [0.15, 0.2) is 48.7 Å². The van der Waals surface area contributed by atoms with Gasteiger partial charge in [-0.15, -0.1) is 0 Å². The first-order valence-electron chi connectivity index (χ1n) is 13.2. The van der Waals surface area contributed by atoms with E-state index in [1.165, 1.54) is 27.7 Å². The average Bonchev–Trinajstić information content (AvgIpc) is 3.66. The third-order valence-corrected chi connectivity index (χ3v) is 7.43. The number of esters is 1. The molecule has 2 aliphatic rings. The molecule has 0 spiro atoms. The van der Waals surface area contributed by atoms with Gasteiger partial charge in [0.25, 0.3) is 0 Å². The molecule has 0 unspecified atom stereocenters. The van der Waals surface area contributed by atoms with Crippen LogP contribution < -0.4 is 23.7 Å². The second-order valence-corrected chi connectivity index (χ2v) is 9.70. The number of aryl methyl sites for hydroxylation is 1. The van der Waals surface area contributed by atoms with Gasteiger partial charge >= 0.3 is 5.97 Å². The monoisotopic (exact) mass is 572 g/mol. The highest BCUT2D eigenvalue weighted by molar-refractivity contribution is 5.95. The van der Waals surface area contributed by atoms with Gasteiger partial charge in [-0.05, 0) is 53.5 Å². The van der Waals surface area contributed by atoms with Gasteiger partial charge in [0.05, 0.1) is 46.4 Å². The van der Waals surface area contributed by atoms with E-state index in [4.69, 9.17) is 28.4 Å². The van der Waals surface area contributed by atoms with Gasteiger partial charge in [0.1, 0.15) is 18.1 Å². The molecule has 12 heteroatoms. The number of imidazole rings is 1. The van der Waals surface area contributed by atoms with Crippen LogP contribution >= 0.6 is 0 Å². The fourth-order valence-electron chi connectivity index (χ4n) is 5.52. The molecule has 0 radical (unpaired) electrons. The molecule has 42 heavy (non-hydrogen) atoms. The summed E-state index contributed by atoms with van der Waals surface area (Å²) in [5.41, 5.74) is 3.84. The lowest BCUT2D eigenvalue weighted by atomic mass is 9.71. The Bertz CT molecular complexity index is 1670. The quantitative estimate of drug-likeness (QED) is 0.157. The third-order valence-electron chi connectivity index (χ3n) is 7.43. The zero-order chi connectivity index (χ0) is 29.2. The Morgan fingerprint density at radius 3 is 2.52 bits per heavy atom. The summed E-state index contributed by atoms with van der Waals surface area (Å²) in [6.45, 7) is 0.744. The minimum absolute atomic E-state index is 0.0844. The lowest BCUT2D eigenvalue weighted by molar-refractivity contribution is -0.148. The van der Waals surface area contributed by atoms with E-state index in [0.717, 1.165) is 11.1 Å². The Morgan fingerprint density at radius 1 is 1.05 bits per heavy atom. The van der Waals surface area contributed by atoms with Gasteiger partial charge in [-0.1, -0.05) is 0 Å². The fraction of sp³-hybridized carbons (Fsp3) is 0.300. The third kappa shape index (κ3) is 4.74. The maximum atomic E-state index is 13.8. The number of benzene rings is 2. The summed E-state index contributed by atoms with van der Waals surface area (Å²) in [5, 5.41) is 0. The maximum Gasteiger partial charge on any atom is 0.314 e. The van der Waals surface area contributed by atoms with Gasteiger partial charge in [0, 0.05) is 18.0 Å². The standard InChI is InChI=1S/C30H28N4O8/c1-37-24-9-18(10-25(38-2)28(24)39-3)26-20-11-23-22(41-16-42-23)8-17(20)7-19(13-35)27(26)30(36)40-6-4-5-34-15-33-21-12-31-14-32-29(21)34/h7-15,26-27H,4-6,16H2,1-3H3/t26-,27-/m1/s1. The molecule has 4 aromatic rings. The van der Waals surface area contributed by atoms with Gasteiger partial charge in [0.2, 0.25) is 12.5 Å². The molecule has 0 N–H and O–H groups in total. The predicted molar refractivity (Wildman–Crippen MR) is 149 cm³/mol. The summed E-state index contributed by atoms with van der Waals surface area (Å²) in [6.07, 6.45) is 7.69. The molecule has 2 atom stereocenters. The smallest absolute Gasteiger partial charge is 0.314 e. The highest BCUT2D eigenvalue weighted by Crippen LogP contribution is 2.50. The molecule has 216 valence electrons. The summed E-state index contributed by atoms with van der Waals surface area (Å²) in [7, 11) is 4.56. The average molecular weight is 573 g/mol. The van der Waals surface area contributed by atoms with Gasteiger partial charge < -0.3 is 33.0 Å². The number of hydrogen-bond acceptors (Lipinski definition) is 11. The Kier molecular flexibility index (Phi) is 7.34. The van der Waals surface area contributed by atoms with Crippen LogP contribution in [0.5, 0.6) is 28.7 Å². The van der Waals surface area contributed by atoms with Crippen LogP contribution in [-0.4, -0.2) is 66.5 Å². The number of carbonyl (C=O) groups is 2. The zero-order valence-corrected chi connectivity index (χ0v) is 23.2. The molecular weight excluding hydrogens is 544 g/mol. The number of carbonyl (C=O) groups excluding carboxylic acids is 2. The lowest BCUT2D eigenvalue weighted by Crippen LogP contribution is -2.31. The summed E-state index contributed by atoms with van der Waals surface area (Å²) in [4.78, 5) is 38.8. The molecule has 0 bridgehead atoms. The van der Waals surface area contributed by atoms with Crippen molar-refractivity contribution in [1.82, 2.24) is 19.5 Å². The minimum atomic E-state index is -0.944. The van der Waals surface area contributed by atoms with Crippen molar-refractivity contribution in [1.29, 1.82) is 0 Å². The molecule has 0 saturated carbocycles. The molecule has 0 saturated heterocycles. The summed E-state index contributed by atoms with van der Waals surface area (Å²) in [5.74, 6) is 0.256. The van der Waals surface area contributed by atoms with Crippen molar-refractivity contribution in [3.63, 3.8) is 0 Å². The molecule has 0 amide bonds. The Hall–Kier alpha value is -5.13. The first kappa shape index (κ1) is 27.1. The largest absolute Gasteiger partial charge is 0.493 e. The van der Waals surface area contributed by atoms with Gasteiger partial charge in [-0.25, -0.2) is 15.0 Å². The van der Waals surface area contributed by atoms with E-state index < -0.39 is 17.8 Å². The number of rotatable bonds is 10. The van der Waals surface area contributed by atoms with Gasteiger partial charge in [0.15, 0.2) is 28.6 Å². The Balaban J connectivity index is 1.34. The number of aromatic nitrogens is 4. The van der Waals surface area contributed by atoms with Crippen LogP contribution in [0, 0.1) is 5.92 Å². The molecule has 6 rings (SSSR count). The number of ether oxygens (including phenoxy) is 6. The summed E-state index contributed by atoms with van der Waals surface area (Å²) in [6, 6.07) is 7.21. The number of fused-ring (bicyclic) bond motifs is 3. The molecule has 1 aliphatic heterocycles. The maximum absolute atomic E-state index is 13.8. The van der Waals surface area contributed by atoms with Gasteiger partial charge in [-0.3, -0.25) is 9.59 Å². The van der Waals surface area contributed by atoms with E-state index >= 15 is 0 Å². The Morgan fingerprint density at radius 2 is 1.81 bits per heavy atom. The van der Waals surface area contributed by atoms with E-state index in [0.29, 0.717) is 64.7 Å². The van der Waals surface area contributed by atoms with Crippen molar-refractivity contribution in [2.24, 2.45) is 5.92 Å². The normalized spacial score (nSPS) is 16.9. The number of aldehydes is 1. The topological polar surface area (TPSA) is 133 Å². The van der Waals surface area contributed by atoms with E-state index in [-0.39, 0.29) is 19.0 Å². The van der Waals surface area contributed by atoms with Crippen LogP contribution in [0.1, 0.15) is 29.0 Å². The summed E-state index contributed by atoms with van der Waals surface area (Å²) >= 11 is 0. The van der Waals surface area contributed by atoms with Crippen molar-refractivity contribution >= 4 is 29.5 Å². The second-order valence-electron chi connectivity index (χ2n) is 9.70. The highest BCUT2D eigenvalue weighted by atomic mass is 16.7.